The molecule has 1 saturated heterocycles. The highest BCUT2D eigenvalue weighted by atomic mass is 32.2. The number of hydrogen-bond acceptors (Lipinski definition) is 6. The van der Waals surface area contributed by atoms with Gasteiger partial charge in [0, 0.05) is 24.5 Å². The minimum Gasteiger partial charge on any atom is -0.346 e. The van der Waals surface area contributed by atoms with Gasteiger partial charge in [-0.15, -0.1) is 11.3 Å². The summed E-state index contributed by atoms with van der Waals surface area (Å²) in [5.41, 5.74) is 1.13. The zero-order chi connectivity index (χ0) is 13.9. The molecule has 1 N–H and O–H groups in total. The van der Waals surface area contributed by atoms with Gasteiger partial charge in [0.2, 0.25) is 0 Å². The van der Waals surface area contributed by atoms with Gasteiger partial charge < -0.3 is 10.2 Å². The van der Waals surface area contributed by atoms with E-state index in [0.29, 0.717) is 13.1 Å². The van der Waals surface area contributed by atoms with Gasteiger partial charge in [0.05, 0.1) is 17.2 Å². The second-order valence-corrected chi connectivity index (χ2v) is 8.00. The molecule has 0 unspecified atom stereocenters. The molecule has 5 nitrogen and oxygen atoms in total. The van der Waals surface area contributed by atoms with E-state index in [1.807, 2.05) is 0 Å². The summed E-state index contributed by atoms with van der Waals surface area (Å²) in [4.78, 5) is 8.03. The molecule has 2 rings (SSSR count). The summed E-state index contributed by atoms with van der Waals surface area (Å²) in [6.45, 7) is 7.12. The van der Waals surface area contributed by atoms with Gasteiger partial charge in [0.15, 0.2) is 15.0 Å². The van der Waals surface area contributed by atoms with Crippen molar-refractivity contribution >= 4 is 26.3 Å². The Kier molecular flexibility index (Phi) is 4.81. The van der Waals surface area contributed by atoms with Crippen LogP contribution < -0.4 is 10.2 Å². The van der Waals surface area contributed by atoms with Crippen molar-refractivity contribution in [1.29, 1.82) is 0 Å². The molecule has 1 aromatic rings. The van der Waals surface area contributed by atoms with E-state index in [1.54, 1.807) is 11.3 Å². The number of thiazole rings is 1. The van der Waals surface area contributed by atoms with Crippen LogP contribution in [0.4, 0.5) is 5.13 Å². The SMILES string of the molecule is CCNCc1sc(N2CCS(=O)(=O)CC2)nc1CC. The molecule has 1 aliphatic heterocycles. The van der Waals surface area contributed by atoms with Crippen LogP contribution in [0.25, 0.3) is 0 Å². The molecule has 19 heavy (non-hydrogen) atoms. The molecule has 2 heterocycles. The Labute approximate surface area is 119 Å². The molecule has 0 saturated carbocycles. The quantitative estimate of drug-likeness (QED) is 0.881. The molecule has 1 fully saturated rings. The van der Waals surface area contributed by atoms with E-state index in [4.69, 9.17) is 0 Å². The Balaban J connectivity index is 2.10. The summed E-state index contributed by atoms with van der Waals surface area (Å²) in [5.74, 6) is 0.493. The zero-order valence-electron chi connectivity index (χ0n) is 11.5. The second kappa shape index (κ2) is 6.19. The van der Waals surface area contributed by atoms with Gasteiger partial charge in [0.25, 0.3) is 0 Å². The highest BCUT2D eigenvalue weighted by molar-refractivity contribution is 7.91. The Morgan fingerprint density at radius 1 is 1.32 bits per heavy atom. The van der Waals surface area contributed by atoms with Gasteiger partial charge in [-0.1, -0.05) is 13.8 Å². The van der Waals surface area contributed by atoms with Crippen molar-refractivity contribution < 1.29 is 8.42 Å². The summed E-state index contributed by atoms with van der Waals surface area (Å²) in [7, 11) is -2.82. The van der Waals surface area contributed by atoms with Crippen LogP contribution in [0, 0.1) is 0 Å². The molecule has 0 spiro atoms. The summed E-state index contributed by atoms with van der Waals surface area (Å²) >= 11 is 1.69. The normalized spacial score (nSPS) is 18.7. The number of nitrogens with one attached hydrogen (secondary N) is 1. The van der Waals surface area contributed by atoms with Gasteiger partial charge in [-0.2, -0.15) is 0 Å². The zero-order valence-corrected chi connectivity index (χ0v) is 13.1. The van der Waals surface area contributed by atoms with Gasteiger partial charge in [0.1, 0.15) is 0 Å². The van der Waals surface area contributed by atoms with E-state index in [2.05, 4.69) is 29.0 Å². The lowest BCUT2D eigenvalue weighted by Crippen LogP contribution is -2.40. The van der Waals surface area contributed by atoms with Gasteiger partial charge in [-0.25, -0.2) is 13.4 Å². The van der Waals surface area contributed by atoms with Crippen LogP contribution in [0.1, 0.15) is 24.4 Å². The number of aromatic nitrogens is 1. The van der Waals surface area contributed by atoms with E-state index in [-0.39, 0.29) is 11.5 Å². The Hall–Kier alpha value is -0.660. The van der Waals surface area contributed by atoms with Crippen LogP contribution in [0.2, 0.25) is 0 Å². The topological polar surface area (TPSA) is 62.3 Å². The third-order valence-corrected chi connectivity index (χ3v) is 6.02. The number of hydrogen-bond donors (Lipinski definition) is 1. The Morgan fingerprint density at radius 2 is 2.00 bits per heavy atom. The lowest BCUT2D eigenvalue weighted by atomic mass is 10.3. The summed E-state index contributed by atoms with van der Waals surface area (Å²) in [5, 5.41) is 4.30. The van der Waals surface area contributed by atoms with Gasteiger partial charge >= 0.3 is 0 Å². The molecule has 108 valence electrons. The monoisotopic (exact) mass is 303 g/mol. The first-order valence-electron chi connectivity index (χ1n) is 6.70. The fourth-order valence-corrected chi connectivity index (χ4v) is 4.43. The number of sulfone groups is 1. The third kappa shape index (κ3) is 3.67. The van der Waals surface area contributed by atoms with E-state index >= 15 is 0 Å². The first-order valence-corrected chi connectivity index (χ1v) is 9.34. The first kappa shape index (κ1) is 14.7. The average molecular weight is 303 g/mol. The van der Waals surface area contributed by atoms with Crippen molar-refractivity contribution in [2.75, 3.05) is 36.0 Å². The number of anilines is 1. The molecule has 0 bridgehead atoms. The van der Waals surface area contributed by atoms with Crippen molar-refractivity contribution in [3.63, 3.8) is 0 Å². The van der Waals surface area contributed by atoms with Crippen molar-refractivity contribution in [3.05, 3.63) is 10.6 Å². The summed E-state index contributed by atoms with van der Waals surface area (Å²) in [6.07, 6.45) is 0.920. The maximum absolute atomic E-state index is 11.4. The minimum absolute atomic E-state index is 0.247. The van der Waals surface area contributed by atoms with Crippen LogP contribution in [-0.4, -0.2) is 44.5 Å². The van der Waals surface area contributed by atoms with Crippen molar-refractivity contribution in [3.8, 4) is 0 Å². The van der Waals surface area contributed by atoms with Crippen molar-refractivity contribution in [2.24, 2.45) is 0 Å². The van der Waals surface area contributed by atoms with Gasteiger partial charge in [-0.3, -0.25) is 0 Å². The lowest BCUT2D eigenvalue weighted by Gasteiger charge is -2.25. The van der Waals surface area contributed by atoms with Crippen LogP contribution in [0.3, 0.4) is 0 Å². The van der Waals surface area contributed by atoms with Crippen LogP contribution in [-0.2, 0) is 22.8 Å². The van der Waals surface area contributed by atoms with Gasteiger partial charge in [-0.05, 0) is 13.0 Å². The standard InChI is InChI=1S/C12H21N3O2S2/c1-3-10-11(9-13-4-2)18-12(14-10)15-5-7-19(16,17)8-6-15/h13H,3-9H2,1-2H3. The molecule has 7 heteroatoms. The molecule has 1 aliphatic rings. The predicted octanol–water partition coefficient (Wildman–Crippen LogP) is 1.05. The maximum Gasteiger partial charge on any atom is 0.185 e. The summed E-state index contributed by atoms with van der Waals surface area (Å²) in [6, 6.07) is 0. The minimum atomic E-state index is -2.82. The molecule has 0 aliphatic carbocycles. The molecular weight excluding hydrogens is 282 g/mol. The Morgan fingerprint density at radius 3 is 2.58 bits per heavy atom. The smallest absolute Gasteiger partial charge is 0.185 e. The third-order valence-electron chi connectivity index (χ3n) is 3.25. The van der Waals surface area contributed by atoms with Crippen molar-refractivity contribution in [1.82, 2.24) is 10.3 Å². The maximum atomic E-state index is 11.4. The first-order chi connectivity index (χ1) is 9.05. The molecule has 1 aromatic heterocycles. The van der Waals surface area contributed by atoms with Crippen LogP contribution in [0.5, 0.6) is 0 Å². The predicted molar refractivity (Wildman–Crippen MR) is 79.7 cm³/mol. The molecule has 0 amide bonds. The molecule has 0 radical (unpaired) electrons. The van der Waals surface area contributed by atoms with E-state index in [9.17, 15) is 8.42 Å². The lowest BCUT2D eigenvalue weighted by molar-refractivity contribution is 0.586. The largest absolute Gasteiger partial charge is 0.346 e. The second-order valence-electron chi connectivity index (χ2n) is 4.64. The van der Waals surface area contributed by atoms with E-state index in [1.165, 1.54) is 4.88 Å². The molecule has 0 atom stereocenters. The van der Waals surface area contributed by atoms with Crippen LogP contribution >= 0.6 is 11.3 Å². The fourth-order valence-electron chi connectivity index (χ4n) is 2.06. The number of aryl methyl sites for hydroxylation is 1. The Bertz CT molecular complexity index is 511. The highest BCUT2D eigenvalue weighted by Gasteiger charge is 2.24. The molecule has 0 aromatic carbocycles. The number of nitrogens with zero attached hydrogens (tertiary/aromatic N) is 2. The summed E-state index contributed by atoms with van der Waals surface area (Å²) < 4.78 is 22.9. The highest BCUT2D eigenvalue weighted by Crippen LogP contribution is 2.27. The number of rotatable bonds is 5. The van der Waals surface area contributed by atoms with Crippen molar-refractivity contribution in [2.45, 2.75) is 26.8 Å². The van der Waals surface area contributed by atoms with E-state index < -0.39 is 9.84 Å². The van der Waals surface area contributed by atoms with Crippen LogP contribution in [0.15, 0.2) is 0 Å². The average Bonchev–Trinajstić information content (AvgIpc) is 2.79. The molecular formula is C12H21N3O2S2. The van der Waals surface area contributed by atoms with E-state index in [0.717, 1.165) is 30.3 Å². The fraction of sp³-hybridized carbons (Fsp3) is 0.750.